The maximum absolute atomic E-state index is 11.3. The minimum absolute atomic E-state index is 0.403. The van der Waals surface area contributed by atoms with Gasteiger partial charge in [0.1, 0.15) is 11.7 Å². The first-order chi connectivity index (χ1) is 9.65. The van der Waals surface area contributed by atoms with Crippen LogP contribution in [0, 0.1) is 6.92 Å². The highest BCUT2D eigenvalue weighted by molar-refractivity contribution is 7.99. The number of aromatic nitrogens is 2. The van der Waals surface area contributed by atoms with Gasteiger partial charge in [-0.25, -0.2) is 4.98 Å². The first-order valence-corrected chi connectivity index (χ1v) is 7.78. The van der Waals surface area contributed by atoms with Gasteiger partial charge < -0.3 is 9.51 Å². The number of nitrogens with zero attached hydrogens (tertiary/aromatic N) is 3. The molecule has 1 unspecified atom stereocenters. The van der Waals surface area contributed by atoms with Crippen molar-refractivity contribution in [2.75, 3.05) is 18.1 Å². The first-order valence-electron chi connectivity index (χ1n) is 6.63. The third-order valence-corrected chi connectivity index (χ3v) is 4.64. The maximum atomic E-state index is 11.3. The number of pyridine rings is 1. The van der Waals surface area contributed by atoms with Crippen molar-refractivity contribution < 1.29 is 9.90 Å². The average Bonchev–Trinajstić information content (AvgIpc) is 2.83. The predicted octanol–water partition coefficient (Wildman–Crippen LogP) is 1.64. The molecular formula is C14H17N3O2S. The Kier molecular flexibility index (Phi) is 3.67. The largest absolute Gasteiger partial charge is 0.480 e. The van der Waals surface area contributed by atoms with Gasteiger partial charge in [-0.2, -0.15) is 11.8 Å². The molecule has 5 nitrogen and oxygen atoms in total. The number of carbonyl (C=O) groups is 1. The second kappa shape index (κ2) is 5.46. The number of carboxylic acids is 1. The van der Waals surface area contributed by atoms with Crippen LogP contribution in [0.5, 0.6) is 0 Å². The van der Waals surface area contributed by atoms with E-state index in [1.807, 2.05) is 40.8 Å². The van der Waals surface area contributed by atoms with Crippen molar-refractivity contribution in [1.29, 1.82) is 0 Å². The monoisotopic (exact) mass is 291 g/mol. The summed E-state index contributed by atoms with van der Waals surface area (Å²) < 4.78 is 2.00. The lowest BCUT2D eigenvalue weighted by Gasteiger charge is -2.31. The fourth-order valence-corrected chi connectivity index (χ4v) is 3.65. The van der Waals surface area contributed by atoms with Gasteiger partial charge in [-0.15, -0.1) is 0 Å². The summed E-state index contributed by atoms with van der Waals surface area (Å²) in [5, 5.41) is 9.29. The van der Waals surface area contributed by atoms with E-state index >= 15 is 0 Å². The fraction of sp³-hybridized carbons (Fsp3) is 0.429. The van der Waals surface area contributed by atoms with Crippen LogP contribution in [0.3, 0.4) is 0 Å². The highest BCUT2D eigenvalue weighted by Crippen LogP contribution is 2.19. The predicted molar refractivity (Wildman–Crippen MR) is 79.1 cm³/mol. The van der Waals surface area contributed by atoms with E-state index in [9.17, 15) is 9.90 Å². The highest BCUT2D eigenvalue weighted by Gasteiger charge is 2.29. The number of rotatable bonds is 3. The smallest absolute Gasteiger partial charge is 0.321 e. The molecule has 106 valence electrons. The lowest BCUT2D eigenvalue weighted by molar-refractivity contribution is -0.142. The van der Waals surface area contributed by atoms with Gasteiger partial charge in [-0.05, 0) is 18.6 Å². The maximum Gasteiger partial charge on any atom is 0.321 e. The van der Waals surface area contributed by atoms with Crippen LogP contribution in [0.2, 0.25) is 0 Å². The second-order valence-corrected chi connectivity index (χ2v) is 6.20. The molecule has 3 rings (SSSR count). The Labute approximate surface area is 121 Å². The zero-order valence-corrected chi connectivity index (χ0v) is 12.1. The van der Waals surface area contributed by atoms with Crippen LogP contribution in [0.25, 0.3) is 5.65 Å². The number of hydrogen-bond acceptors (Lipinski definition) is 4. The fourth-order valence-electron chi connectivity index (χ4n) is 2.54. The quantitative estimate of drug-likeness (QED) is 0.931. The van der Waals surface area contributed by atoms with Crippen LogP contribution in [0.4, 0.5) is 0 Å². The van der Waals surface area contributed by atoms with E-state index in [2.05, 4.69) is 4.98 Å². The molecule has 1 saturated heterocycles. The van der Waals surface area contributed by atoms with Gasteiger partial charge in [0, 0.05) is 37.0 Å². The minimum Gasteiger partial charge on any atom is -0.480 e. The van der Waals surface area contributed by atoms with Crippen LogP contribution in [0.1, 0.15) is 11.3 Å². The normalized spacial score (nSPS) is 20.4. The zero-order chi connectivity index (χ0) is 14.1. The Hall–Kier alpha value is -1.53. The van der Waals surface area contributed by atoms with E-state index in [4.69, 9.17) is 0 Å². The van der Waals surface area contributed by atoms with Crippen molar-refractivity contribution >= 4 is 23.4 Å². The number of carboxylic acid groups (broad SMARTS) is 1. The molecular weight excluding hydrogens is 274 g/mol. The summed E-state index contributed by atoms with van der Waals surface area (Å²) in [7, 11) is 0. The van der Waals surface area contributed by atoms with Gasteiger partial charge in [0.25, 0.3) is 0 Å². The van der Waals surface area contributed by atoms with Crippen LogP contribution in [-0.4, -0.2) is 49.5 Å². The average molecular weight is 291 g/mol. The van der Waals surface area contributed by atoms with E-state index in [0.29, 0.717) is 12.3 Å². The molecule has 0 aliphatic carbocycles. The Bertz CT molecular complexity index is 640. The summed E-state index contributed by atoms with van der Waals surface area (Å²) in [6.07, 6.45) is 3.96. The van der Waals surface area contributed by atoms with Gasteiger partial charge in [0.2, 0.25) is 0 Å². The van der Waals surface area contributed by atoms with Crippen molar-refractivity contribution in [3.63, 3.8) is 0 Å². The van der Waals surface area contributed by atoms with E-state index in [1.54, 1.807) is 11.8 Å². The molecule has 0 saturated carbocycles. The topological polar surface area (TPSA) is 57.8 Å². The lowest BCUT2D eigenvalue weighted by Crippen LogP contribution is -2.46. The Morgan fingerprint density at radius 2 is 2.45 bits per heavy atom. The molecule has 1 fully saturated rings. The SMILES string of the molecule is Cc1cccn2cc(CN3CCSCC3C(=O)O)nc12. The molecule has 20 heavy (non-hydrogen) atoms. The van der Waals surface area contributed by atoms with E-state index in [0.717, 1.165) is 29.2 Å². The number of aliphatic carboxylic acids is 1. The number of fused-ring (bicyclic) bond motifs is 1. The molecule has 2 aromatic rings. The summed E-state index contributed by atoms with van der Waals surface area (Å²) in [6.45, 7) is 3.43. The zero-order valence-electron chi connectivity index (χ0n) is 11.3. The van der Waals surface area contributed by atoms with Crippen LogP contribution in [0.15, 0.2) is 24.5 Å². The van der Waals surface area contributed by atoms with Gasteiger partial charge in [0.05, 0.1) is 5.69 Å². The Morgan fingerprint density at radius 1 is 1.60 bits per heavy atom. The molecule has 0 bridgehead atoms. The van der Waals surface area contributed by atoms with Gasteiger partial charge >= 0.3 is 5.97 Å². The van der Waals surface area contributed by atoms with Gasteiger partial charge in [-0.1, -0.05) is 6.07 Å². The summed E-state index contributed by atoms with van der Waals surface area (Å²) in [6, 6.07) is 3.62. The number of aryl methyl sites for hydroxylation is 1. The van der Waals surface area contributed by atoms with Crippen molar-refractivity contribution in [1.82, 2.24) is 14.3 Å². The Morgan fingerprint density at radius 3 is 3.20 bits per heavy atom. The second-order valence-electron chi connectivity index (χ2n) is 5.05. The molecule has 0 aromatic carbocycles. The molecule has 1 aliphatic rings. The Balaban J connectivity index is 1.84. The van der Waals surface area contributed by atoms with Crippen LogP contribution in [-0.2, 0) is 11.3 Å². The van der Waals surface area contributed by atoms with Gasteiger partial charge in [0.15, 0.2) is 0 Å². The third-order valence-electron chi connectivity index (χ3n) is 3.62. The highest BCUT2D eigenvalue weighted by atomic mass is 32.2. The molecule has 0 spiro atoms. The van der Waals surface area contributed by atoms with E-state index < -0.39 is 12.0 Å². The molecule has 1 atom stereocenters. The number of hydrogen-bond donors (Lipinski definition) is 1. The molecule has 2 aromatic heterocycles. The number of imidazole rings is 1. The summed E-state index contributed by atoms with van der Waals surface area (Å²) in [5.74, 6) is 0.898. The van der Waals surface area contributed by atoms with Crippen molar-refractivity contribution in [2.24, 2.45) is 0 Å². The van der Waals surface area contributed by atoms with E-state index in [1.165, 1.54) is 0 Å². The summed E-state index contributed by atoms with van der Waals surface area (Å²) >= 11 is 1.71. The molecule has 1 N–H and O–H groups in total. The van der Waals surface area contributed by atoms with Crippen molar-refractivity contribution in [3.05, 3.63) is 35.8 Å². The summed E-state index contributed by atoms with van der Waals surface area (Å²) in [4.78, 5) is 17.9. The molecule has 6 heteroatoms. The molecule has 1 aliphatic heterocycles. The van der Waals surface area contributed by atoms with Crippen LogP contribution >= 0.6 is 11.8 Å². The first kappa shape index (κ1) is 13.5. The standard InChI is InChI=1S/C14H17N3O2S/c1-10-3-2-4-17-8-11(15-13(10)17)7-16-5-6-20-9-12(16)14(18)19/h2-4,8,12H,5-7,9H2,1H3,(H,18,19). The van der Waals surface area contributed by atoms with Gasteiger partial charge in [-0.3, -0.25) is 9.69 Å². The lowest BCUT2D eigenvalue weighted by atomic mass is 10.2. The van der Waals surface area contributed by atoms with E-state index in [-0.39, 0.29) is 0 Å². The van der Waals surface area contributed by atoms with Crippen LogP contribution < -0.4 is 0 Å². The third kappa shape index (κ3) is 2.53. The minimum atomic E-state index is -0.739. The van der Waals surface area contributed by atoms with Crippen molar-refractivity contribution in [3.8, 4) is 0 Å². The molecule has 0 radical (unpaired) electrons. The van der Waals surface area contributed by atoms with Crippen molar-refractivity contribution in [2.45, 2.75) is 19.5 Å². The molecule has 0 amide bonds. The number of thioether (sulfide) groups is 1. The molecule has 3 heterocycles. The summed E-state index contributed by atoms with van der Waals surface area (Å²) in [5.41, 5.74) is 3.00.